The standard InChI is InChI=1S/C16H19FN6O5S2/c1-4-22(5-2)21-11-6-7-12(13(8-11)18-10(3)24)19-20-16-14(23(25)26)9-15(29-16)30(17,27)28/h6-9,21H,4-5H2,1-3H3,(H,18,24). The van der Waals surface area contributed by atoms with Gasteiger partial charge in [0.15, 0.2) is 4.21 Å². The van der Waals surface area contributed by atoms with Crippen molar-refractivity contribution in [1.29, 1.82) is 0 Å². The SMILES string of the molecule is CCN(CC)Nc1ccc(N=Nc2sc(S(=O)(=O)F)cc2[N+](=O)[O-])c(NC(C)=O)c1. The molecule has 11 nitrogen and oxygen atoms in total. The number of halogens is 1. The van der Waals surface area contributed by atoms with Gasteiger partial charge in [-0.1, -0.05) is 29.1 Å². The zero-order valence-electron chi connectivity index (χ0n) is 16.2. The molecule has 2 rings (SSSR count). The Morgan fingerprint density at radius 2 is 1.93 bits per heavy atom. The number of carbonyl (C=O) groups excluding carboxylic acids is 1. The molecule has 1 aromatic carbocycles. The van der Waals surface area contributed by atoms with Crippen LogP contribution in [0.3, 0.4) is 0 Å². The fourth-order valence-electron chi connectivity index (χ4n) is 2.32. The lowest BCUT2D eigenvalue weighted by atomic mass is 10.2. The minimum Gasteiger partial charge on any atom is -0.324 e. The molecule has 0 spiro atoms. The van der Waals surface area contributed by atoms with Gasteiger partial charge in [0.05, 0.1) is 22.4 Å². The number of nitrogens with zero attached hydrogens (tertiary/aromatic N) is 4. The first-order valence-electron chi connectivity index (χ1n) is 8.63. The predicted molar refractivity (Wildman–Crippen MR) is 111 cm³/mol. The molecular weight excluding hydrogens is 439 g/mol. The third-order valence-electron chi connectivity index (χ3n) is 3.71. The highest BCUT2D eigenvalue weighted by molar-refractivity contribution is 7.88. The van der Waals surface area contributed by atoms with Gasteiger partial charge in [-0.05, 0) is 18.2 Å². The van der Waals surface area contributed by atoms with Gasteiger partial charge in [0.25, 0.3) is 0 Å². The monoisotopic (exact) mass is 458 g/mol. The number of hydrazine groups is 1. The maximum Gasteiger partial charge on any atom is 0.342 e. The van der Waals surface area contributed by atoms with Gasteiger partial charge in [-0.15, -0.1) is 10.2 Å². The van der Waals surface area contributed by atoms with Crippen LogP contribution < -0.4 is 10.7 Å². The Morgan fingerprint density at radius 1 is 1.27 bits per heavy atom. The van der Waals surface area contributed by atoms with E-state index in [0.717, 1.165) is 13.1 Å². The molecule has 0 bridgehead atoms. The molecule has 14 heteroatoms. The Balaban J connectivity index is 2.44. The number of anilines is 2. The van der Waals surface area contributed by atoms with E-state index in [1.165, 1.54) is 13.0 Å². The van der Waals surface area contributed by atoms with E-state index in [4.69, 9.17) is 0 Å². The van der Waals surface area contributed by atoms with Crippen molar-refractivity contribution in [2.45, 2.75) is 25.0 Å². The van der Waals surface area contributed by atoms with Gasteiger partial charge in [0.1, 0.15) is 5.69 Å². The largest absolute Gasteiger partial charge is 0.342 e. The second-order valence-corrected chi connectivity index (χ2v) is 8.45. The van der Waals surface area contributed by atoms with Crippen LogP contribution in [-0.2, 0) is 15.0 Å². The van der Waals surface area contributed by atoms with Gasteiger partial charge in [0.2, 0.25) is 10.9 Å². The molecule has 0 aliphatic rings. The lowest BCUT2D eigenvalue weighted by Gasteiger charge is -2.21. The molecule has 1 amide bonds. The molecule has 30 heavy (non-hydrogen) atoms. The minimum atomic E-state index is -5.12. The summed E-state index contributed by atoms with van der Waals surface area (Å²) in [6.07, 6.45) is 0. The van der Waals surface area contributed by atoms with Crippen LogP contribution in [0, 0.1) is 10.1 Å². The van der Waals surface area contributed by atoms with Crippen LogP contribution in [0.1, 0.15) is 20.8 Å². The normalized spacial score (nSPS) is 11.8. The van der Waals surface area contributed by atoms with Gasteiger partial charge in [0, 0.05) is 20.0 Å². The van der Waals surface area contributed by atoms with E-state index >= 15 is 0 Å². The molecule has 1 heterocycles. The van der Waals surface area contributed by atoms with Crippen LogP contribution in [-0.4, -0.2) is 37.3 Å². The van der Waals surface area contributed by atoms with Crippen molar-refractivity contribution in [1.82, 2.24) is 5.01 Å². The second kappa shape index (κ2) is 9.69. The Morgan fingerprint density at radius 3 is 2.47 bits per heavy atom. The summed E-state index contributed by atoms with van der Waals surface area (Å²) in [6.45, 7) is 6.69. The van der Waals surface area contributed by atoms with Crippen molar-refractivity contribution in [2.75, 3.05) is 23.8 Å². The van der Waals surface area contributed by atoms with Crippen LogP contribution >= 0.6 is 11.3 Å². The number of azo groups is 1. The maximum absolute atomic E-state index is 13.2. The number of thiophene rings is 1. The van der Waals surface area contributed by atoms with E-state index in [0.29, 0.717) is 11.8 Å². The fraction of sp³-hybridized carbons (Fsp3) is 0.312. The number of rotatable bonds is 9. The first kappa shape index (κ1) is 23.3. The van der Waals surface area contributed by atoms with Crippen molar-refractivity contribution in [3.05, 3.63) is 34.4 Å². The first-order valence-corrected chi connectivity index (χ1v) is 10.8. The molecule has 0 saturated carbocycles. The Hall–Kier alpha value is -2.97. The Labute approximate surface area is 175 Å². The summed E-state index contributed by atoms with van der Waals surface area (Å²) in [5.41, 5.74) is 3.57. The van der Waals surface area contributed by atoms with Gasteiger partial charge < -0.3 is 10.7 Å². The Bertz CT molecular complexity index is 1080. The third kappa shape index (κ3) is 6.01. The summed E-state index contributed by atoms with van der Waals surface area (Å²) in [6, 6.07) is 5.37. The van der Waals surface area contributed by atoms with E-state index in [1.54, 1.807) is 12.1 Å². The summed E-state index contributed by atoms with van der Waals surface area (Å²) in [5.74, 6) is -0.376. The highest BCUT2D eigenvalue weighted by Gasteiger charge is 2.26. The topological polar surface area (TPSA) is 146 Å². The summed E-state index contributed by atoms with van der Waals surface area (Å²) in [4.78, 5) is 21.8. The van der Waals surface area contributed by atoms with Crippen molar-refractivity contribution >= 4 is 55.2 Å². The molecule has 2 N–H and O–H groups in total. The molecular formula is C16H19FN6O5S2. The van der Waals surface area contributed by atoms with Gasteiger partial charge in [-0.2, -0.15) is 8.42 Å². The number of carbonyl (C=O) groups is 1. The summed E-state index contributed by atoms with van der Waals surface area (Å²) < 4.78 is 34.4. The first-order chi connectivity index (χ1) is 14.0. The number of nitro groups is 1. The van der Waals surface area contributed by atoms with Crippen LogP contribution in [0.15, 0.2) is 38.7 Å². The summed E-state index contributed by atoms with van der Waals surface area (Å²) in [5, 5.41) is 22.8. The zero-order chi connectivity index (χ0) is 22.5. The minimum absolute atomic E-state index is 0.169. The lowest BCUT2D eigenvalue weighted by Crippen LogP contribution is -2.29. The highest BCUT2D eigenvalue weighted by atomic mass is 32.3. The van der Waals surface area contributed by atoms with Gasteiger partial charge in [-0.3, -0.25) is 14.9 Å². The molecule has 0 fully saturated rings. The van der Waals surface area contributed by atoms with Crippen LogP contribution in [0.5, 0.6) is 0 Å². The van der Waals surface area contributed by atoms with Crippen LogP contribution in [0.25, 0.3) is 0 Å². The molecule has 0 radical (unpaired) electrons. The zero-order valence-corrected chi connectivity index (χ0v) is 17.9. The average molecular weight is 458 g/mol. The van der Waals surface area contributed by atoms with Crippen molar-refractivity contribution in [3.63, 3.8) is 0 Å². The van der Waals surface area contributed by atoms with Crippen molar-refractivity contribution in [3.8, 4) is 0 Å². The molecule has 0 unspecified atom stereocenters. The quantitative estimate of drug-likeness (QED) is 0.246. The molecule has 162 valence electrons. The Kier molecular flexibility index (Phi) is 7.53. The summed E-state index contributed by atoms with van der Waals surface area (Å²) in [7, 11) is -5.12. The number of hydrogen-bond donors (Lipinski definition) is 2. The number of amides is 1. The van der Waals surface area contributed by atoms with E-state index in [-0.39, 0.29) is 28.6 Å². The third-order valence-corrected chi connectivity index (χ3v) is 5.96. The average Bonchev–Trinajstić information content (AvgIpc) is 3.10. The van der Waals surface area contributed by atoms with Gasteiger partial charge >= 0.3 is 15.9 Å². The van der Waals surface area contributed by atoms with Crippen molar-refractivity contribution in [2.24, 2.45) is 10.2 Å². The van der Waals surface area contributed by atoms with Crippen LogP contribution in [0.4, 0.5) is 31.6 Å². The van der Waals surface area contributed by atoms with E-state index in [2.05, 4.69) is 21.0 Å². The maximum atomic E-state index is 13.2. The van der Waals surface area contributed by atoms with E-state index in [9.17, 15) is 27.2 Å². The second-order valence-electron chi connectivity index (χ2n) is 5.85. The number of hydrogen-bond acceptors (Lipinski definition) is 10. The fourth-order valence-corrected chi connectivity index (χ4v) is 3.89. The molecule has 2 aromatic rings. The van der Waals surface area contributed by atoms with Crippen molar-refractivity contribution < 1.29 is 22.0 Å². The van der Waals surface area contributed by atoms with Gasteiger partial charge in [-0.25, -0.2) is 5.01 Å². The predicted octanol–water partition coefficient (Wildman–Crippen LogP) is 4.36. The summed E-state index contributed by atoms with van der Waals surface area (Å²) >= 11 is 0.280. The van der Waals surface area contributed by atoms with E-state index in [1.807, 2.05) is 18.9 Å². The van der Waals surface area contributed by atoms with E-state index < -0.39 is 30.0 Å². The lowest BCUT2D eigenvalue weighted by molar-refractivity contribution is -0.383. The van der Waals surface area contributed by atoms with Crippen LogP contribution in [0.2, 0.25) is 0 Å². The molecule has 0 saturated heterocycles. The highest BCUT2D eigenvalue weighted by Crippen LogP contribution is 2.41. The molecule has 1 aromatic heterocycles. The smallest absolute Gasteiger partial charge is 0.324 e. The molecule has 0 aliphatic heterocycles. The molecule has 0 aliphatic carbocycles. The molecule has 0 atom stereocenters. The number of nitrogens with one attached hydrogen (secondary N) is 2. The number of benzene rings is 1.